The minimum absolute atomic E-state index is 0.0319. The minimum atomic E-state index is -0.0319. The summed E-state index contributed by atoms with van der Waals surface area (Å²) in [6.07, 6.45) is 0.971. The van der Waals surface area contributed by atoms with Gasteiger partial charge < -0.3 is 14.5 Å². The monoisotopic (exact) mass is 356 g/mol. The normalized spacial score (nSPS) is 10.6. The van der Waals surface area contributed by atoms with Crippen molar-refractivity contribution in [2.75, 3.05) is 13.2 Å². The fraction of sp³-hybridized carbons (Fsp3) is 0.263. The van der Waals surface area contributed by atoms with Crippen molar-refractivity contribution in [3.8, 4) is 16.5 Å². The van der Waals surface area contributed by atoms with E-state index in [1.807, 2.05) is 54.8 Å². The lowest BCUT2D eigenvalue weighted by molar-refractivity contribution is -0.121. The molecule has 0 saturated carbocycles. The molecule has 0 aliphatic rings. The van der Waals surface area contributed by atoms with Crippen LogP contribution in [-0.2, 0) is 11.2 Å². The molecule has 25 heavy (non-hydrogen) atoms. The first-order valence-electron chi connectivity index (χ1n) is 8.17. The molecule has 0 unspecified atom stereocenters. The molecule has 1 amide bonds. The Labute approximate surface area is 150 Å². The minimum Gasteiger partial charge on any atom is -0.493 e. The van der Waals surface area contributed by atoms with Gasteiger partial charge in [-0.1, -0.05) is 24.3 Å². The first-order chi connectivity index (χ1) is 12.2. The Hall–Kier alpha value is -2.60. The van der Waals surface area contributed by atoms with E-state index in [0.29, 0.717) is 31.9 Å². The van der Waals surface area contributed by atoms with Crippen molar-refractivity contribution in [2.24, 2.45) is 0 Å². The van der Waals surface area contributed by atoms with Gasteiger partial charge in [-0.25, -0.2) is 4.98 Å². The zero-order valence-corrected chi connectivity index (χ0v) is 14.8. The molecule has 0 atom stereocenters. The van der Waals surface area contributed by atoms with Crippen LogP contribution < -0.4 is 10.1 Å². The maximum atomic E-state index is 11.9. The third-order valence-electron chi connectivity index (χ3n) is 3.65. The molecule has 3 rings (SSSR count). The van der Waals surface area contributed by atoms with Crippen LogP contribution in [0.2, 0.25) is 0 Å². The maximum Gasteiger partial charge on any atom is 0.236 e. The molecule has 2 aromatic heterocycles. The summed E-state index contributed by atoms with van der Waals surface area (Å²) in [6, 6.07) is 13.4. The molecular weight excluding hydrogens is 336 g/mol. The summed E-state index contributed by atoms with van der Waals surface area (Å²) < 4.78 is 11.2. The van der Waals surface area contributed by atoms with Gasteiger partial charge in [0.05, 0.1) is 23.6 Å². The Bertz CT molecular complexity index is 797. The van der Waals surface area contributed by atoms with Gasteiger partial charge in [-0.2, -0.15) is 0 Å². The van der Waals surface area contributed by atoms with E-state index in [1.165, 1.54) is 0 Å². The molecule has 5 nitrogen and oxygen atoms in total. The van der Waals surface area contributed by atoms with Crippen molar-refractivity contribution in [1.29, 1.82) is 0 Å². The third-order valence-corrected chi connectivity index (χ3v) is 4.51. The number of amides is 1. The number of ether oxygens (including phenoxy) is 1. The Kier molecular flexibility index (Phi) is 5.85. The second-order valence-corrected chi connectivity index (χ2v) is 6.46. The molecule has 0 radical (unpaired) electrons. The molecule has 0 saturated heterocycles. The van der Waals surface area contributed by atoms with Crippen LogP contribution in [-0.4, -0.2) is 24.0 Å². The van der Waals surface area contributed by atoms with Crippen molar-refractivity contribution in [1.82, 2.24) is 10.3 Å². The van der Waals surface area contributed by atoms with Crippen LogP contribution >= 0.6 is 11.3 Å². The van der Waals surface area contributed by atoms with E-state index in [2.05, 4.69) is 10.3 Å². The summed E-state index contributed by atoms with van der Waals surface area (Å²) in [4.78, 5) is 17.4. The summed E-state index contributed by atoms with van der Waals surface area (Å²) in [7, 11) is 0. The molecule has 6 heteroatoms. The van der Waals surface area contributed by atoms with E-state index >= 15 is 0 Å². The lowest BCUT2D eigenvalue weighted by atomic mass is 10.2. The number of benzene rings is 1. The van der Waals surface area contributed by atoms with Gasteiger partial charge >= 0.3 is 0 Å². The Balaban J connectivity index is 1.40. The van der Waals surface area contributed by atoms with Gasteiger partial charge in [-0.15, -0.1) is 11.3 Å². The predicted octanol–water partition coefficient (Wildman–Crippen LogP) is 3.84. The highest BCUT2D eigenvalue weighted by Gasteiger charge is 2.12. The predicted molar refractivity (Wildman–Crippen MR) is 97.8 cm³/mol. The summed E-state index contributed by atoms with van der Waals surface area (Å²) >= 11 is 1.59. The molecule has 0 fully saturated rings. The summed E-state index contributed by atoms with van der Waals surface area (Å²) in [5, 5.41) is 4.88. The number of nitrogens with one attached hydrogen (secondary N) is 1. The lowest BCUT2D eigenvalue weighted by Gasteiger charge is -2.06. The Morgan fingerprint density at radius 3 is 2.84 bits per heavy atom. The molecule has 2 heterocycles. The van der Waals surface area contributed by atoms with Crippen LogP contribution in [0.25, 0.3) is 10.8 Å². The van der Waals surface area contributed by atoms with Crippen molar-refractivity contribution < 1.29 is 13.9 Å². The second kappa shape index (κ2) is 8.48. The van der Waals surface area contributed by atoms with Crippen LogP contribution in [0.1, 0.15) is 17.9 Å². The number of para-hydroxylation sites is 1. The quantitative estimate of drug-likeness (QED) is 0.666. The number of carbonyl (C=O) groups is 1. The van der Waals surface area contributed by atoms with Gasteiger partial charge in [0.2, 0.25) is 11.8 Å². The zero-order valence-electron chi connectivity index (χ0n) is 14.0. The van der Waals surface area contributed by atoms with E-state index in [1.54, 1.807) is 11.3 Å². The van der Waals surface area contributed by atoms with Crippen molar-refractivity contribution in [3.63, 3.8) is 0 Å². The molecule has 1 aromatic carbocycles. The number of hydrogen-bond donors (Lipinski definition) is 1. The number of nitrogens with zero attached hydrogens (tertiary/aromatic N) is 1. The molecule has 1 N–H and O–H groups in total. The number of oxazole rings is 1. The standard InChI is InChI=1S/C19H20N2O3S/c1-14-16(21-19(24-14)17-8-5-13-25-17)9-11-20-18(22)10-12-23-15-6-3-2-4-7-15/h2-8,13H,9-12H2,1H3,(H,20,22). The topological polar surface area (TPSA) is 64.4 Å². The smallest absolute Gasteiger partial charge is 0.236 e. The number of hydrogen-bond acceptors (Lipinski definition) is 5. The average molecular weight is 356 g/mol. The summed E-state index contributed by atoms with van der Waals surface area (Å²) in [5.74, 6) is 2.18. The molecule has 0 aliphatic heterocycles. The molecule has 3 aromatic rings. The summed E-state index contributed by atoms with van der Waals surface area (Å²) in [5.41, 5.74) is 0.879. The molecule has 0 bridgehead atoms. The second-order valence-electron chi connectivity index (χ2n) is 5.51. The van der Waals surface area contributed by atoms with Gasteiger partial charge in [-0.05, 0) is 30.5 Å². The van der Waals surface area contributed by atoms with Crippen LogP contribution in [0.15, 0.2) is 52.3 Å². The Morgan fingerprint density at radius 1 is 1.24 bits per heavy atom. The summed E-state index contributed by atoms with van der Waals surface area (Å²) in [6.45, 7) is 2.79. The van der Waals surface area contributed by atoms with Crippen LogP contribution in [0.4, 0.5) is 0 Å². The van der Waals surface area contributed by atoms with Crippen LogP contribution in [0, 0.1) is 6.92 Å². The highest BCUT2D eigenvalue weighted by molar-refractivity contribution is 7.13. The highest BCUT2D eigenvalue weighted by Crippen LogP contribution is 2.25. The number of aromatic nitrogens is 1. The first-order valence-corrected chi connectivity index (χ1v) is 9.05. The van der Waals surface area contributed by atoms with E-state index in [4.69, 9.17) is 9.15 Å². The first kappa shape index (κ1) is 17.2. The van der Waals surface area contributed by atoms with Gasteiger partial charge in [0, 0.05) is 13.0 Å². The molecule has 0 spiro atoms. The van der Waals surface area contributed by atoms with Crippen LogP contribution in [0.5, 0.6) is 5.75 Å². The van der Waals surface area contributed by atoms with Gasteiger partial charge in [0.1, 0.15) is 11.5 Å². The Morgan fingerprint density at radius 2 is 2.08 bits per heavy atom. The average Bonchev–Trinajstić information content (AvgIpc) is 3.26. The molecular formula is C19H20N2O3S. The number of aryl methyl sites for hydroxylation is 1. The molecule has 130 valence electrons. The molecule has 0 aliphatic carbocycles. The van der Waals surface area contributed by atoms with E-state index in [9.17, 15) is 4.79 Å². The van der Waals surface area contributed by atoms with Gasteiger partial charge in [-0.3, -0.25) is 4.79 Å². The zero-order chi connectivity index (χ0) is 17.5. The van der Waals surface area contributed by atoms with Crippen molar-refractivity contribution >= 4 is 17.2 Å². The largest absolute Gasteiger partial charge is 0.493 e. The number of rotatable bonds is 8. The lowest BCUT2D eigenvalue weighted by Crippen LogP contribution is -2.27. The maximum absolute atomic E-state index is 11.9. The van der Waals surface area contributed by atoms with Crippen molar-refractivity contribution in [3.05, 3.63) is 59.3 Å². The fourth-order valence-electron chi connectivity index (χ4n) is 2.35. The highest BCUT2D eigenvalue weighted by atomic mass is 32.1. The van der Waals surface area contributed by atoms with E-state index < -0.39 is 0 Å². The van der Waals surface area contributed by atoms with E-state index in [-0.39, 0.29) is 5.91 Å². The SMILES string of the molecule is Cc1oc(-c2cccs2)nc1CCNC(=O)CCOc1ccccc1. The van der Waals surface area contributed by atoms with Crippen molar-refractivity contribution in [2.45, 2.75) is 19.8 Å². The number of thiophene rings is 1. The fourth-order valence-corrected chi connectivity index (χ4v) is 3.00. The number of carbonyl (C=O) groups excluding carboxylic acids is 1. The van der Waals surface area contributed by atoms with Gasteiger partial charge in [0.15, 0.2) is 0 Å². The van der Waals surface area contributed by atoms with E-state index in [0.717, 1.165) is 22.1 Å². The van der Waals surface area contributed by atoms with Crippen LogP contribution in [0.3, 0.4) is 0 Å². The van der Waals surface area contributed by atoms with Gasteiger partial charge in [0.25, 0.3) is 0 Å². The third kappa shape index (κ3) is 4.93.